The van der Waals surface area contributed by atoms with E-state index in [-0.39, 0.29) is 5.75 Å². The molecule has 0 aliphatic rings. The van der Waals surface area contributed by atoms with Crippen LogP contribution in [0.2, 0.25) is 0 Å². The van der Waals surface area contributed by atoms with Gasteiger partial charge >= 0.3 is 0 Å². The number of aromatic hydroxyl groups is 1. The van der Waals surface area contributed by atoms with Gasteiger partial charge in [-0.3, -0.25) is 0 Å². The monoisotopic (exact) mass is 177 g/mol. The first-order chi connectivity index (χ1) is 6.27. The number of nitrogens with zero attached hydrogens (tertiary/aromatic N) is 1. The average Bonchev–Trinajstić information content (AvgIpc) is 2.22. The molecule has 0 atom stereocenters. The number of rotatable bonds is 1. The molecule has 0 heterocycles. The minimum atomic E-state index is 0.270. The lowest BCUT2D eigenvalue weighted by Crippen LogP contribution is -1.82. The van der Waals surface area contributed by atoms with Gasteiger partial charge in [0, 0.05) is 0 Å². The largest absolute Gasteiger partial charge is 0.508 e. The van der Waals surface area contributed by atoms with E-state index in [1.165, 1.54) is 0 Å². The number of phenols is 1. The standard InChI is InChI=1S/C9H9NO.C2H6/c1-2-8-5-7(6-10)3-4-9(8)11;1-2/h3-5,11H,2H2,1H3;1-2H3. The van der Waals surface area contributed by atoms with Gasteiger partial charge in [-0.05, 0) is 30.2 Å². The molecule has 0 aliphatic heterocycles. The predicted octanol–water partition coefficient (Wildman–Crippen LogP) is 2.85. The Labute approximate surface area is 79.4 Å². The van der Waals surface area contributed by atoms with Crippen LogP contribution in [-0.4, -0.2) is 5.11 Å². The number of aryl methyl sites for hydroxylation is 1. The van der Waals surface area contributed by atoms with E-state index in [0.717, 1.165) is 12.0 Å². The third kappa shape index (κ3) is 3.16. The molecule has 1 N–H and O–H groups in total. The highest BCUT2D eigenvalue weighted by molar-refractivity contribution is 5.41. The van der Waals surface area contributed by atoms with E-state index >= 15 is 0 Å². The van der Waals surface area contributed by atoms with Crippen molar-refractivity contribution < 1.29 is 5.11 Å². The van der Waals surface area contributed by atoms with Crippen molar-refractivity contribution in [2.24, 2.45) is 0 Å². The van der Waals surface area contributed by atoms with Crippen LogP contribution < -0.4 is 0 Å². The minimum absolute atomic E-state index is 0.270. The maximum absolute atomic E-state index is 9.22. The maximum atomic E-state index is 9.22. The Hall–Kier alpha value is -1.49. The second kappa shape index (κ2) is 6.07. The van der Waals surface area contributed by atoms with E-state index in [1.54, 1.807) is 18.2 Å². The van der Waals surface area contributed by atoms with Crippen molar-refractivity contribution in [3.05, 3.63) is 29.3 Å². The molecule has 0 saturated carbocycles. The number of benzene rings is 1. The molecular weight excluding hydrogens is 162 g/mol. The summed E-state index contributed by atoms with van der Waals surface area (Å²) in [6, 6.07) is 6.88. The Morgan fingerprint density at radius 3 is 2.46 bits per heavy atom. The summed E-state index contributed by atoms with van der Waals surface area (Å²) in [5.74, 6) is 0.270. The normalized spacial score (nSPS) is 8.15. The summed E-state index contributed by atoms with van der Waals surface area (Å²) in [4.78, 5) is 0. The molecule has 0 aliphatic carbocycles. The first kappa shape index (κ1) is 11.5. The minimum Gasteiger partial charge on any atom is -0.508 e. The van der Waals surface area contributed by atoms with Crippen LogP contribution in [0.25, 0.3) is 0 Å². The van der Waals surface area contributed by atoms with Gasteiger partial charge in [-0.15, -0.1) is 0 Å². The van der Waals surface area contributed by atoms with Crippen molar-refractivity contribution in [1.29, 1.82) is 5.26 Å². The topological polar surface area (TPSA) is 44.0 Å². The van der Waals surface area contributed by atoms with Gasteiger partial charge in [-0.25, -0.2) is 0 Å². The molecule has 13 heavy (non-hydrogen) atoms. The first-order valence-electron chi connectivity index (χ1n) is 4.50. The zero-order valence-electron chi connectivity index (χ0n) is 8.33. The number of hydrogen-bond donors (Lipinski definition) is 1. The van der Waals surface area contributed by atoms with Gasteiger partial charge in [-0.2, -0.15) is 5.26 Å². The molecule has 1 aromatic rings. The zero-order valence-corrected chi connectivity index (χ0v) is 8.33. The lowest BCUT2D eigenvalue weighted by Gasteiger charge is -1.99. The molecule has 0 radical (unpaired) electrons. The molecule has 2 heteroatoms. The van der Waals surface area contributed by atoms with Crippen LogP contribution in [0, 0.1) is 11.3 Å². The number of nitriles is 1. The van der Waals surface area contributed by atoms with Gasteiger partial charge in [-0.1, -0.05) is 20.8 Å². The Morgan fingerprint density at radius 2 is 2.00 bits per heavy atom. The Morgan fingerprint density at radius 1 is 1.38 bits per heavy atom. The fourth-order valence-corrected chi connectivity index (χ4v) is 0.938. The highest BCUT2D eigenvalue weighted by Crippen LogP contribution is 2.17. The van der Waals surface area contributed by atoms with Gasteiger partial charge < -0.3 is 5.11 Å². The van der Waals surface area contributed by atoms with Crippen molar-refractivity contribution >= 4 is 0 Å². The van der Waals surface area contributed by atoms with E-state index in [0.29, 0.717) is 5.56 Å². The van der Waals surface area contributed by atoms with Crippen LogP contribution >= 0.6 is 0 Å². The van der Waals surface area contributed by atoms with Crippen LogP contribution in [0.15, 0.2) is 18.2 Å². The Bertz CT molecular complexity index is 299. The SMILES string of the molecule is CC.CCc1cc(C#N)ccc1O. The highest BCUT2D eigenvalue weighted by Gasteiger charge is 1.98. The van der Waals surface area contributed by atoms with E-state index in [9.17, 15) is 5.11 Å². The molecule has 0 fully saturated rings. The molecule has 2 nitrogen and oxygen atoms in total. The molecular formula is C11H15NO. The second-order valence-corrected chi connectivity index (χ2v) is 2.31. The number of hydrogen-bond acceptors (Lipinski definition) is 2. The summed E-state index contributed by atoms with van der Waals surface area (Å²) in [6.45, 7) is 5.94. The highest BCUT2D eigenvalue weighted by atomic mass is 16.3. The summed E-state index contributed by atoms with van der Waals surface area (Å²) < 4.78 is 0. The fraction of sp³-hybridized carbons (Fsp3) is 0.364. The van der Waals surface area contributed by atoms with Crippen molar-refractivity contribution in [1.82, 2.24) is 0 Å². The number of phenolic OH excluding ortho intramolecular Hbond substituents is 1. The van der Waals surface area contributed by atoms with E-state index < -0.39 is 0 Å². The lowest BCUT2D eigenvalue weighted by atomic mass is 10.1. The average molecular weight is 177 g/mol. The van der Waals surface area contributed by atoms with Gasteiger partial charge in [0.25, 0.3) is 0 Å². The smallest absolute Gasteiger partial charge is 0.118 e. The molecule has 1 rings (SSSR count). The molecule has 0 spiro atoms. The molecule has 1 aromatic carbocycles. The van der Waals surface area contributed by atoms with Crippen LogP contribution in [0.1, 0.15) is 31.9 Å². The van der Waals surface area contributed by atoms with Crippen LogP contribution in [0.4, 0.5) is 0 Å². The molecule has 0 amide bonds. The maximum Gasteiger partial charge on any atom is 0.118 e. The third-order valence-electron chi connectivity index (χ3n) is 1.59. The molecule has 0 bridgehead atoms. The molecule has 0 aromatic heterocycles. The third-order valence-corrected chi connectivity index (χ3v) is 1.59. The Balaban J connectivity index is 0.000000671. The summed E-state index contributed by atoms with van der Waals surface area (Å²) in [6.07, 6.45) is 0.751. The zero-order chi connectivity index (χ0) is 10.3. The quantitative estimate of drug-likeness (QED) is 0.716. The lowest BCUT2D eigenvalue weighted by molar-refractivity contribution is 0.469. The predicted molar refractivity (Wildman–Crippen MR) is 53.5 cm³/mol. The second-order valence-electron chi connectivity index (χ2n) is 2.31. The van der Waals surface area contributed by atoms with Crippen molar-refractivity contribution in [3.8, 4) is 11.8 Å². The van der Waals surface area contributed by atoms with Gasteiger partial charge in [0.2, 0.25) is 0 Å². The molecule has 0 saturated heterocycles. The summed E-state index contributed by atoms with van der Waals surface area (Å²) in [5.41, 5.74) is 1.42. The fourth-order valence-electron chi connectivity index (χ4n) is 0.938. The summed E-state index contributed by atoms with van der Waals surface area (Å²) in [5, 5.41) is 17.7. The molecule has 0 unspecified atom stereocenters. The van der Waals surface area contributed by atoms with E-state index in [1.807, 2.05) is 26.8 Å². The molecule has 70 valence electrons. The van der Waals surface area contributed by atoms with Crippen LogP contribution in [0.5, 0.6) is 5.75 Å². The van der Waals surface area contributed by atoms with Crippen LogP contribution in [-0.2, 0) is 6.42 Å². The first-order valence-corrected chi connectivity index (χ1v) is 4.50. The van der Waals surface area contributed by atoms with Crippen LogP contribution in [0.3, 0.4) is 0 Å². The van der Waals surface area contributed by atoms with Crippen molar-refractivity contribution in [2.45, 2.75) is 27.2 Å². The van der Waals surface area contributed by atoms with E-state index in [2.05, 4.69) is 0 Å². The van der Waals surface area contributed by atoms with Crippen molar-refractivity contribution in [2.75, 3.05) is 0 Å². The summed E-state index contributed by atoms with van der Waals surface area (Å²) >= 11 is 0. The Kier molecular flexibility index (Phi) is 5.38. The van der Waals surface area contributed by atoms with Gasteiger partial charge in [0.1, 0.15) is 5.75 Å². The van der Waals surface area contributed by atoms with Crippen molar-refractivity contribution in [3.63, 3.8) is 0 Å². The van der Waals surface area contributed by atoms with Gasteiger partial charge in [0.15, 0.2) is 0 Å². The van der Waals surface area contributed by atoms with E-state index in [4.69, 9.17) is 5.26 Å². The van der Waals surface area contributed by atoms with Gasteiger partial charge in [0.05, 0.1) is 11.6 Å². The summed E-state index contributed by atoms with van der Waals surface area (Å²) in [7, 11) is 0.